The van der Waals surface area contributed by atoms with Crippen molar-refractivity contribution in [2.24, 2.45) is 0 Å². The molecule has 0 aromatic heterocycles. The minimum atomic E-state index is 0.717. The summed E-state index contributed by atoms with van der Waals surface area (Å²) in [4.78, 5) is 1.29. The van der Waals surface area contributed by atoms with E-state index in [9.17, 15) is 0 Å². The predicted molar refractivity (Wildman–Crippen MR) is 49.5 cm³/mol. The molecule has 53 valence electrons. The lowest BCUT2D eigenvalue weighted by Crippen LogP contribution is -1.76. The van der Waals surface area contributed by atoms with Crippen LogP contribution in [0.25, 0.3) is 0 Å². The largest absolute Gasteiger partial charge is 0.130 e. The Bertz CT molecular complexity index is 189. The van der Waals surface area contributed by atoms with Crippen LogP contribution in [0, 0.1) is 0 Å². The number of rotatable bonds is 2. The Morgan fingerprint density at radius 1 is 1.50 bits per heavy atom. The number of hydrogen-bond donors (Lipinski definition) is 0. The molecule has 10 heavy (non-hydrogen) atoms. The van der Waals surface area contributed by atoms with Crippen molar-refractivity contribution in [2.75, 3.05) is 6.26 Å². The quantitative estimate of drug-likeness (QED) is 0.613. The van der Waals surface area contributed by atoms with Gasteiger partial charge in [-0.05, 0) is 24.0 Å². The van der Waals surface area contributed by atoms with Crippen molar-refractivity contribution in [2.45, 2.75) is 10.6 Å². The second-order valence-electron chi connectivity index (χ2n) is 2.00. The van der Waals surface area contributed by atoms with E-state index >= 15 is 0 Å². The van der Waals surface area contributed by atoms with E-state index in [4.69, 9.17) is 12.6 Å². The Balaban J connectivity index is 2.87. The summed E-state index contributed by atoms with van der Waals surface area (Å²) >= 11 is 6.67. The molecule has 1 rings (SSSR count). The Hall–Kier alpha value is -0.0800. The summed E-state index contributed by atoms with van der Waals surface area (Å²) in [7, 11) is 0. The minimum Gasteiger partial charge on any atom is -0.130 e. The van der Waals surface area contributed by atoms with Crippen LogP contribution in [-0.2, 0) is 5.75 Å². The summed E-state index contributed by atoms with van der Waals surface area (Å²) in [5.74, 6) is 0.717. The highest BCUT2D eigenvalue weighted by molar-refractivity contribution is 7.98. The first kappa shape index (κ1) is 8.02. The van der Waals surface area contributed by atoms with Gasteiger partial charge in [0.05, 0.1) is 0 Å². The van der Waals surface area contributed by atoms with Crippen LogP contribution in [0.3, 0.4) is 0 Å². The molecular formula is C8H9S2. The second-order valence-corrected chi connectivity index (χ2v) is 3.16. The number of thioether (sulfide) groups is 1. The highest BCUT2D eigenvalue weighted by Gasteiger charge is 1.90. The van der Waals surface area contributed by atoms with Crippen LogP contribution < -0.4 is 0 Å². The summed E-state index contributed by atoms with van der Waals surface area (Å²) in [5, 5.41) is 0. The lowest BCUT2D eigenvalue weighted by Gasteiger charge is -1.97. The van der Waals surface area contributed by atoms with Gasteiger partial charge in [0, 0.05) is 10.6 Å². The van der Waals surface area contributed by atoms with Gasteiger partial charge in [0.25, 0.3) is 0 Å². The van der Waals surface area contributed by atoms with Gasteiger partial charge in [-0.3, -0.25) is 0 Å². The summed E-state index contributed by atoms with van der Waals surface area (Å²) in [5.41, 5.74) is 1.24. The Morgan fingerprint density at radius 3 is 2.90 bits per heavy atom. The average molecular weight is 169 g/mol. The summed E-state index contributed by atoms with van der Waals surface area (Å²) in [6, 6.07) is 8.34. The van der Waals surface area contributed by atoms with Crippen molar-refractivity contribution in [3.05, 3.63) is 29.8 Å². The van der Waals surface area contributed by atoms with Gasteiger partial charge in [-0.2, -0.15) is 0 Å². The van der Waals surface area contributed by atoms with Crippen molar-refractivity contribution >= 4 is 24.4 Å². The van der Waals surface area contributed by atoms with E-state index in [-0.39, 0.29) is 0 Å². The molecule has 2 heteroatoms. The zero-order chi connectivity index (χ0) is 7.40. The van der Waals surface area contributed by atoms with Crippen LogP contribution in [0.4, 0.5) is 0 Å². The Morgan fingerprint density at radius 2 is 2.30 bits per heavy atom. The van der Waals surface area contributed by atoms with Crippen LogP contribution in [0.15, 0.2) is 29.2 Å². The van der Waals surface area contributed by atoms with Crippen LogP contribution in [0.1, 0.15) is 5.56 Å². The van der Waals surface area contributed by atoms with E-state index in [0.717, 1.165) is 0 Å². The molecule has 1 aromatic rings. The Labute approximate surface area is 71.4 Å². The monoisotopic (exact) mass is 169 g/mol. The van der Waals surface area contributed by atoms with E-state index in [1.165, 1.54) is 10.5 Å². The summed E-state index contributed by atoms with van der Waals surface area (Å²) in [6.07, 6.45) is 2.07. The molecule has 0 atom stereocenters. The van der Waals surface area contributed by atoms with Crippen LogP contribution >= 0.6 is 24.4 Å². The fraction of sp³-hybridized carbons (Fsp3) is 0.250. The highest BCUT2D eigenvalue weighted by atomic mass is 32.2. The fourth-order valence-electron chi connectivity index (χ4n) is 0.762. The van der Waals surface area contributed by atoms with Gasteiger partial charge >= 0.3 is 0 Å². The Kier molecular flexibility index (Phi) is 3.16. The predicted octanol–water partition coefficient (Wildman–Crippen LogP) is 3.11. The summed E-state index contributed by atoms with van der Waals surface area (Å²) < 4.78 is 0. The molecule has 0 heterocycles. The highest BCUT2D eigenvalue weighted by Crippen LogP contribution is 2.16. The first-order chi connectivity index (χ1) is 4.86. The molecule has 0 saturated carbocycles. The third-order valence-electron chi connectivity index (χ3n) is 1.30. The zero-order valence-corrected chi connectivity index (χ0v) is 7.47. The smallest absolute Gasteiger partial charge is 0.0289 e. The molecule has 0 aliphatic heterocycles. The molecule has 0 amide bonds. The lowest BCUT2D eigenvalue weighted by molar-refractivity contribution is 1.34. The van der Waals surface area contributed by atoms with Crippen LogP contribution in [0.2, 0.25) is 0 Å². The van der Waals surface area contributed by atoms with Gasteiger partial charge in [0.15, 0.2) is 0 Å². The molecule has 0 nitrogen and oxygen atoms in total. The average Bonchev–Trinajstić information content (AvgIpc) is 2.05. The van der Waals surface area contributed by atoms with Gasteiger partial charge in [-0.25, -0.2) is 0 Å². The minimum absolute atomic E-state index is 0.717. The van der Waals surface area contributed by atoms with E-state index in [0.29, 0.717) is 5.75 Å². The molecule has 0 fully saturated rings. The van der Waals surface area contributed by atoms with Crippen molar-refractivity contribution in [3.8, 4) is 0 Å². The first-order valence-electron chi connectivity index (χ1n) is 3.08. The topological polar surface area (TPSA) is 0 Å². The molecule has 0 aliphatic carbocycles. The third-order valence-corrected chi connectivity index (χ3v) is 2.36. The van der Waals surface area contributed by atoms with Gasteiger partial charge in [0.2, 0.25) is 0 Å². The lowest BCUT2D eigenvalue weighted by atomic mass is 10.2. The van der Waals surface area contributed by atoms with E-state index < -0.39 is 0 Å². The number of hydrogen-bond acceptors (Lipinski definition) is 1. The van der Waals surface area contributed by atoms with Gasteiger partial charge in [0.1, 0.15) is 0 Å². The number of benzene rings is 1. The van der Waals surface area contributed by atoms with Gasteiger partial charge < -0.3 is 0 Å². The maximum absolute atomic E-state index is 4.92. The first-order valence-corrected chi connectivity index (χ1v) is 4.88. The van der Waals surface area contributed by atoms with E-state index in [1.54, 1.807) is 11.8 Å². The van der Waals surface area contributed by atoms with E-state index in [2.05, 4.69) is 24.5 Å². The maximum Gasteiger partial charge on any atom is 0.0289 e. The second kappa shape index (κ2) is 3.94. The molecule has 0 bridgehead atoms. The fourth-order valence-corrected chi connectivity index (χ4v) is 1.43. The molecular weight excluding hydrogens is 160 g/mol. The molecule has 1 aromatic carbocycles. The van der Waals surface area contributed by atoms with Crippen LogP contribution in [-0.4, -0.2) is 6.26 Å². The standard InChI is InChI=1S/C8H9S2/c1-10-8-4-2-3-7(5-8)6-9/h2-5H,6H2,1H3. The third kappa shape index (κ3) is 1.96. The molecule has 0 unspecified atom stereocenters. The van der Waals surface area contributed by atoms with Crippen LogP contribution in [0.5, 0.6) is 0 Å². The normalized spacial score (nSPS) is 9.80. The van der Waals surface area contributed by atoms with Crippen molar-refractivity contribution in [1.29, 1.82) is 0 Å². The zero-order valence-electron chi connectivity index (χ0n) is 5.83. The maximum atomic E-state index is 4.92. The molecule has 0 N–H and O–H groups in total. The molecule has 1 radical (unpaired) electrons. The molecule has 0 spiro atoms. The molecule has 0 aliphatic rings. The van der Waals surface area contributed by atoms with E-state index in [1.807, 2.05) is 6.07 Å². The SMILES string of the molecule is CSc1cccc(C[S])c1. The van der Waals surface area contributed by atoms with Crippen molar-refractivity contribution in [3.63, 3.8) is 0 Å². The summed E-state index contributed by atoms with van der Waals surface area (Å²) in [6.45, 7) is 0. The van der Waals surface area contributed by atoms with Crippen molar-refractivity contribution in [1.82, 2.24) is 0 Å². The van der Waals surface area contributed by atoms with Gasteiger partial charge in [-0.15, -0.1) is 11.8 Å². The van der Waals surface area contributed by atoms with Crippen molar-refractivity contribution < 1.29 is 0 Å². The molecule has 0 saturated heterocycles. The van der Waals surface area contributed by atoms with Gasteiger partial charge in [-0.1, -0.05) is 24.8 Å².